The van der Waals surface area contributed by atoms with E-state index in [2.05, 4.69) is 5.32 Å². The summed E-state index contributed by atoms with van der Waals surface area (Å²) in [4.78, 5) is 14.0. The van der Waals surface area contributed by atoms with E-state index >= 15 is 0 Å². The first-order valence-electron chi connectivity index (χ1n) is 8.68. The number of halogens is 3. The van der Waals surface area contributed by atoms with E-state index in [-0.39, 0.29) is 19.4 Å². The molecule has 9 heteroatoms. The monoisotopic (exact) mass is 394 g/mol. The van der Waals surface area contributed by atoms with Crippen molar-refractivity contribution in [3.05, 3.63) is 23.1 Å². The van der Waals surface area contributed by atoms with E-state index in [9.17, 15) is 26.4 Å². The molecule has 1 heterocycles. The largest absolute Gasteiger partial charge is 0.391 e. The number of rotatable bonds is 4. The molecule has 0 spiro atoms. The third-order valence-corrected chi connectivity index (χ3v) is 5.45. The quantitative estimate of drug-likeness (QED) is 0.744. The van der Waals surface area contributed by atoms with E-state index in [4.69, 9.17) is 0 Å². The van der Waals surface area contributed by atoms with Gasteiger partial charge in [-0.25, -0.2) is 13.2 Å². The minimum Gasteiger partial charge on any atom is -0.332 e. The second kappa shape index (κ2) is 8.02. The predicted molar refractivity (Wildman–Crippen MR) is 93.2 cm³/mol. The summed E-state index contributed by atoms with van der Waals surface area (Å²) in [6.07, 6.45) is 2.27. The number of allylic oxidation sites excluding steroid dienone is 1. The number of carbonyl (C=O) groups excluding carboxylic acids is 1. The Morgan fingerprint density at radius 3 is 2.65 bits per heavy atom. The zero-order valence-corrected chi connectivity index (χ0v) is 15.7. The Hall–Kier alpha value is -1.51. The lowest BCUT2D eigenvalue weighted by Crippen LogP contribution is -2.54. The van der Waals surface area contributed by atoms with Gasteiger partial charge in [0.15, 0.2) is 9.84 Å². The number of amides is 2. The molecule has 0 aromatic carbocycles. The minimum atomic E-state index is -4.26. The lowest BCUT2D eigenvalue weighted by molar-refractivity contribution is -0.186. The molecule has 148 valence electrons. The van der Waals surface area contributed by atoms with Gasteiger partial charge in [0, 0.05) is 24.3 Å². The van der Waals surface area contributed by atoms with E-state index in [0.717, 1.165) is 30.1 Å². The van der Waals surface area contributed by atoms with Crippen molar-refractivity contribution in [2.24, 2.45) is 5.92 Å². The smallest absolute Gasteiger partial charge is 0.332 e. The van der Waals surface area contributed by atoms with E-state index in [1.165, 1.54) is 11.0 Å². The molecule has 2 amide bonds. The molecule has 0 unspecified atom stereocenters. The maximum atomic E-state index is 13.1. The van der Waals surface area contributed by atoms with Crippen LogP contribution in [0.25, 0.3) is 0 Å². The number of sulfone groups is 1. The maximum Gasteiger partial charge on any atom is 0.391 e. The zero-order valence-electron chi connectivity index (χ0n) is 14.9. The molecular formula is C17H25F3N2O3S. The van der Waals surface area contributed by atoms with Gasteiger partial charge in [-0.05, 0) is 39.0 Å². The first-order chi connectivity index (χ1) is 12.0. The Labute approximate surface area is 152 Å². The molecular weight excluding hydrogens is 369 g/mol. The summed E-state index contributed by atoms with van der Waals surface area (Å²) in [5.74, 6) is -1.40. The second-order valence-corrected chi connectivity index (χ2v) is 8.97. The zero-order chi connectivity index (χ0) is 19.5. The highest BCUT2D eigenvalue weighted by Crippen LogP contribution is 2.40. The van der Waals surface area contributed by atoms with Crippen LogP contribution in [-0.2, 0) is 9.84 Å². The Kier molecular flexibility index (Phi) is 6.42. The minimum absolute atomic E-state index is 0.0283. The summed E-state index contributed by atoms with van der Waals surface area (Å²) >= 11 is 0. The normalized spacial score (nSPS) is 26.0. The van der Waals surface area contributed by atoms with E-state index < -0.39 is 40.0 Å². The van der Waals surface area contributed by atoms with Gasteiger partial charge >= 0.3 is 12.2 Å². The molecule has 0 radical (unpaired) electrons. The van der Waals surface area contributed by atoms with Crippen molar-refractivity contribution in [2.75, 3.05) is 12.8 Å². The first-order valence-corrected chi connectivity index (χ1v) is 10.6. The third-order valence-electron chi connectivity index (χ3n) is 4.80. The van der Waals surface area contributed by atoms with Gasteiger partial charge in [0.1, 0.15) is 0 Å². The fourth-order valence-electron chi connectivity index (χ4n) is 3.44. The van der Waals surface area contributed by atoms with Gasteiger partial charge in [0.05, 0.1) is 12.0 Å². The number of hydrogen-bond donors (Lipinski definition) is 1. The average molecular weight is 394 g/mol. The Morgan fingerprint density at radius 1 is 1.42 bits per heavy atom. The molecule has 0 aromatic heterocycles. The summed E-state index contributed by atoms with van der Waals surface area (Å²) in [5, 5.41) is 3.66. The number of likely N-dealkylation sites (tertiary alicyclic amines) is 1. The molecule has 2 aliphatic rings. The Balaban J connectivity index is 2.10. The molecule has 26 heavy (non-hydrogen) atoms. The van der Waals surface area contributed by atoms with Crippen LogP contribution in [0.15, 0.2) is 23.1 Å². The first kappa shape index (κ1) is 20.8. The number of nitrogens with one attached hydrogen (secondary N) is 1. The molecule has 1 fully saturated rings. The highest BCUT2D eigenvalue weighted by molar-refractivity contribution is 7.93. The van der Waals surface area contributed by atoms with Crippen LogP contribution in [0.1, 0.15) is 39.0 Å². The maximum absolute atomic E-state index is 13.1. The predicted octanol–water partition coefficient (Wildman–Crippen LogP) is 3.40. The van der Waals surface area contributed by atoms with E-state index in [1.807, 2.05) is 6.08 Å². The number of hydrogen-bond acceptors (Lipinski definition) is 3. The molecule has 3 atom stereocenters. The molecule has 2 rings (SSSR count). The van der Waals surface area contributed by atoms with E-state index in [1.54, 1.807) is 6.92 Å². The highest BCUT2D eigenvalue weighted by Gasteiger charge is 2.46. The van der Waals surface area contributed by atoms with Gasteiger partial charge in [-0.15, -0.1) is 0 Å². The van der Waals surface area contributed by atoms with Crippen LogP contribution in [0.5, 0.6) is 0 Å². The highest BCUT2D eigenvalue weighted by atomic mass is 32.2. The summed E-state index contributed by atoms with van der Waals surface area (Å²) < 4.78 is 61.8. The van der Waals surface area contributed by atoms with Gasteiger partial charge in [-0.2, -0.15) is 13.2 Å². The van der Waals surface area contributed by atoms with Crippen LogP contribution < -0.4 is 5.32 Å². The summed E-state index contributed by atoms with van der Waals surface area (Å²) in [6, 6.07) is -1.56. The lowest BCUT2D eigenvalue weighted by atomic mass is 9.86. The molecule has 5 nitrogen and oxygen atoms in total. The van der Waals surface area contributed by atoms with Crippen molar-refractivity contribution < 1.29 is 26.4 Å². The van der Waals surface area contributed by atoms with Crippen molar-refractivity contribution >= 4 is 15.9 Å². The molecule has 1 N–H and O–H groups in total. The van der Waals surface area contributed by atoms with Gasteiger partial charge < -0.3 is 10.2 Å². The molecule has 0 aromatic rings. The summed E-state index contributed by atoms with van der Waals surface area (Å²) in [7, 11) is -3.31. The van der Waals surface area contributed by atoms with Crippen molar-refractivity contribution in [3.8, 4) is 0 Å². The van der Waals surface area contributed by atoms with Crippen LogP contribution in [0.3, 0.4) is 0 Å². The SMILES string of the molecule is C[C@@H](/C=C/S(C)(=O)=O)NC(=O)N1CC[C@@H](C(F)(F)F)C[C@H]1C1=CCCC1. The molecule has 1 aliphatic carbocycles. The van der Waals surface area contributed by atoms with Crippen LogP contribution >= 0.6 is 0 Å². The third kappa shape index (κ3) is 5.75. The molecule has 0 bridgehead atoms. The molecule has 0 saturated carbocycles. The van der Waals surface area contributed by atoms with Crippen molar-refractivity contribution in [2.45, 2.75) is 57.3 Å². The lowest BCUT2D eigenvalue weighted by Gasteiger charge is -2.41. The molecule has 1 saturated heterocycles. The van der Waals surface area contributed by atoms with Gasteiger partial charge in [-0.1, -0.05) is 17.7 Å². The topological polar surface area (TPSA) is 66.5 Å². The van der Waals surface area contributed by atoms with Gasteiger partial charge in [0.25, 0.3) is 0 Å². The number of carbonyl (C=O) groups is 1. The van der Waals surface area contributed by atoms with Crippen molar-refractivity contribution in [1.82, 2.24) is 10.2 Å². The van der Waals surface area contributed by atoms with Crippen LogP contribution in [0.2, 0.25) is 0 Å². The Bertz CT molecular complexity index is 686. The summed E-state index contributed by atoms with van der Waals surface area (Å²) in [5.41, 5.74) is 0.897. The van der Waals surface area contributed by atoms with Crippen LogP contribution in [0, 0.1) is 5.92 Å². The second-order valence-electron chi connectivity index (χ2n) is 7.04. The van der Waals surface area contributed by atoms with Crippen molar-refractivity contribution in [1.29, 1.82) is 0 Å². The van der Waals surface area contributed by atoms with Gasteiger partial charge in [-0.3, -0.25) is 0 Å². The standard InChI is InChI=1S/C17H25F3N2O3S/c1-12(8-10-26(2,24)25)21-16(23)22-9-7-14(17(18,19)20)11-15(22)13-5-3-4-6-13/h5,8,10,12,14-15H,3-4,6-7,9,11H2,1-2H3,(H,21,23)/b10-8+/t12-,14+,15-/m0/s1. The van der Waals surface area contributed by atoms with Crippen molar-refractivity contribution in [3.63, 3.8) is 0 Å². The Morgan fingerprint density at radius 2 is 2.12 bits per heavy atom. The molecule has 1 aliphatic heterocycles. The number of alkyl halides is 3. The van der Waals surface area contributed by atoms with Crippen LogP contribution in [-0.4, -0.2) is 50.4 Å². The van der Waals surface area contributed by atoms with Crippen LogP contribution in [0.4, 0.5) is 18.0 Å². The number of piperidine rings is 1. The summed E-state index contributed by atoms with van der Waals surface area (Å²) in [6.45, 7) is 1.65. The number of nitrogens with zero attached hydrogens (tertiary/aromatic N) is 1. The fourth-order valence-corrected chi connectivity index (χ4v) is 3.96. The van der Waals surface area contributed by atoms with Gasteiger partial charge in [0.2, 0.25) is 0 Å². The fraction of sp³-hybridized carbons (Fsp3) is 0.706. The van der Waals surface area contributed by atoms with E-state index in [0.29, 0.717) is 6.42 Å². The number of urea groups is 1. The average Bonchev–Trinajstić information content (AvgIpc) is 3.05.